The monoisotopic (exact) mass is 454 g/mol. The summed E-state index contributed by atoms with van der Waals surface area (Å²) in [7, 11) is 0. The van der Waals surface area contributed by atoms with Crippen LogP contribution in [0.25, 0.3) is 0 Å². The molecule has 3 aliphatic rings. The topological polar surface area (TPSA) is 94.5 Å². The highest BCUT2D eigenvalue weighted by atomic mass is 16.6. The number of para-hydroxylation sites is 1. The Hall–Kier alpha value is -3.11. The van der Waals surface area contributed by atoms with Crippen LogP contribution in [0, 0.1) is 0 Å². The molecule has 0 spiro atoms. The van der Waals surface area contributed by atoms with E-state index in [0.717, 1.165) is 44.4 Å². The second-order valence-electron chi connectivity index (χ2n) is 8.41. The highest BCUT2D eigenvalue weighted by molar-refractivity contribution is 5.98. The van der Waals surface area contributed by atoms with E-state index < -0.39 is 0 Å². The molecule has 5 rings (SSSR count). The molecule has 4 heterocycles. The van der Waals surface area contributed by atoms with Crippen LogP contribution in [0.15, 0.2) is 30.3 Å². The predicted octanol–water partition coefficient (Wildman–Crippen LogP) is 0.325. The molecule has 2 saturated heterocycles. The Morgan fingerprint density at radius 1 is 0.848 bits per heavy atom. The molecule has 1 N–H and O–H groups in total. The van der Waals surface area contributed by atoms with Crippen LogP contribution in [0.1, 0.15) is 10.4 Å². The largest absolute Gasteiger partial charge is 0.486 e. The number of aliphatic hydroxyl groups excluding tert-OH is 1. The molecule has 1 aromatic heterocycles. The Bertz CT molecular complexity index is 956. The Morgan fingerprint density at radius 2 is 1.48 bits per heavy atom. The van der Waals surface area contributed by atoms with Crippen LogP contribution >= 0.6 is 0 Å². The van der Waals surface area contributed by atoms with Crippen LogP contribution in [0.3, 0.4) is 0 Å². The lowest BCUT2D eigenvalue weighted by Crippen LogP contribution is -2.49. The highest BCUT2D eigenvalue weighted by Gasteiger charge is 2.28. The van der Waals surface area contributed by atoms with E-state index in [1.807, 2.05) is 29.2 Å². The van der Waals surface area contributed by atoms with Gasteiger partial charge in [-0.05, 0) is 24.3 Å². The van der Waals surface area contributed by atoms with Gasteiger partial charge in [0.15, 0.2) is 23.1 Å². The predicted molar refractivity (Wildman–Crippen MR) is 123 cm³/mol. The summed E-state index contributed by atoms with van der Waals surface area (Å²) < 4.78 is 11.3. The van der Waals surface area contributed by atoms with Crippen molar-refractivity contribution in [2.45, 2.75) is 0 Å². The van der Waals surface area contributed by atoms with Gasteiger partial charge in [0.1, 0.15) is 13.2 Å². The molecule has 0 saturated carbocycles. The van der Waals surface area contributed by atoms with Crippen molar-refractivity contribution in [3.8, 4) is 11.5 Å². The van der Waals surface area contributed by atoms with Gasteiger partial charge in [-0.25, -0.2) is 0 Å². The van der Waals surface area contributed by atoms with Crippen molar-refractivity contribution in [3.63, 3.8) is 0 Å². The van der Waals surface area contributed by atoms with Crippen LogP contribution in [-0.4, -0.2) is 110 Å². The Kier molecular flexibility index (Phi) is 6.45. The molecule has 2 aromatic rings. The Morgan fingerprint density at radius 3 is 2.12 bits per heavy atom. The summed E-state index contributed by atoms with van der Waals surface area (Å²) in [5.74, 6) is 2.87. The first-order chi connectivity index (χ1) is 16.2. The molecule has 10 nitrogen and oxygen atoms in total. The molecule has 2 fully saturated rings. The van der Waals surface area contributed by atoms with Crippen molar-refractivity contribution in [1.29, 1.82) is 0 Å². The number of amides is 1. The average Bonchev–Trinajstić information content (AvgIpc) is 2.89. The zero-order valence-electron chi connectivity index (χ0n) is 18.7. The summed E-state index contributed by atoms with van der Waals surface area (Å²) in [5, 5.41) is 18.0. The smallest absolute Gasteiger partial charge is 0.257 e. The third-order valence-electron chi connectivity index (χ3n) is 6.44. The molecule has 176 valence electrons. The summed E-state index contributed by atoms with van der Waals surface area (Å²) in [4.78, 5) is 21.6. The SMILES string of the molecule is O=C(c1cccc2c1OCCO2)N1CCN(c2ccc(N3CCN(CCO)CC3)nn2)CC1. The first-order valence-electron chi connectivity index (χ1n) is 11.6. The van der Waals surface area contributed by atoms with Crippen LogP contribution in [0.4, 0.5) is 11.6 Å². The standard InChI is InChI=1S/C23H30N6O4/c30-15-14-26-6-8-27(9-7-26)20-4-5-21(25-24-20)28-10-12-29(13-11-28)23(31)18-2-1-3-19-22(18)33-17-16-32-19/h1-5,30H,6-17H2. The van der Waals surface area contributed by atoms with Gasteiger partial charge in [0.25, 0.3) is 5.91 Å². The van der Waals surface area contributed by atoms with Crippen molar-refractivity contribution in [2.24, 2.45) is 0 Å². The van der Waals surface area contributed by atoms with Gasteiger partial charge in [-0.3, -0.25) is 9.69 Å². The fourth-order valence-electron chi connectivity index (χ4n) is 4.55. The fourth-order valence-corrected chi connectivity index (χ4v) is 4.55. The normalized spacial score (nSPS) is 19.0. The van der Waals surface area contributed by atoms with Gasteiger partial charge in [-0.2, -0.15) is 0 Å². The lowest BCUT2D eigenvalue weighted by molar-refractivity contribution is 0.0736. The molecule has 0 bridgehead atoms. The highest BCUT2D eigenvalue weighted by Crippen LogP contribution is 2.34. The minimum atomic E-state index is -0.0289. The molecular weight excluding hydrogens is 424 g/mol. The van der Waals surface area contributed by atoms with Gasteiger partial charge in [0.05, 0.1) is 12.2 Å². The first-order valence-corrected chi connectivity index (χ1v) is 11.6. The number of β-amino-alcohol motifs (C(OH)–C–C–N with tert-alkyl or cyclic N) is 1. The van der Waals surface area contributed by atoms with Crippen molar-refractivity contribution in [1.82, 2.24) is 20.0 Å². The molecule has 0 radical (unpaired) electrons. The number of nitrogens with zero attached hydrogens (tertiary/aromatic N) is 6. The maximum Gasteiger partial charge on any atom is 0.257 e. The quantitative estimate of drug-likeness (QED) is 0.686. The number of carbonyl (C=O) groups excluding carboxylic acids is 1. The molecule has 0 aliphatic carbocycles. The zero-order chi connectivity index (χ0) is 22.6. The number of hydrogen-bond acceptors (Lipinski definition) is 9. The second-order valence-corrected chi connectivity index (χ2v) is 8.41. The van der Waals surface area contributed by atoms with Crippen molar-refractivity contribution in [3.05, 3.63) is 35.9 Å². The fraction of sp³-hybridized carbons (Fsp3) is 0.522. The zero-order valence-corrected chi connectivity index (χ0v) is 18.7. The Balaban J connectivity index is 1.17. The number of benzene rings is 1. The summed E-state index contributed by atoms with van der Waals surface area (Å²) in [6.07, 6.45) is 0. The number of ether oxygens (including phenoxy) is 2. The molecule has 10 heteroatoms. The van der Waals surface area contributed by atoms with Gasteiger partial charge in [0, 0.05) is 58.9 Å². The molecular formula is C23H30N6O4. The van der Waals surface area contributed by atoms with E-state index in [0.29, 0.717) is 56.5 Å². The number of piperazine rings is 2. The number of aromatic nitrogens is 2. The summed E-state index contributed by atoms with van der Waals surface area (Å²) in [6.45, 7) is 8.10. The number of hydrogen-bond donors (Lipinski definition) is 1. The van der Waals surface area contributed by atoms with E-state index in [9.17, 15) is 4.79 Å². The van der Waals surface area contributed by atoms with E-state index in [1.165, 1.54) is 0 Å². The average molecular weight is 455 g/mol. The Labute approximate surface area is 193 Å². The minimum absolute atomic E-state index is 0.0289. The van der Waals surface area contributed by atoms with Gasteiger partial charge >= 0.3 is 0 Å². The molecule has 1 amide bonds. The number of fused-ring (bicyclic) bond motifs is 1. The molecule has 3 aliphatic heterocycles. The number of anilines is 2. The summed E-state index contributed by atoms with van der Waals surface area (Å²) in [5.41, 5.74) is 0.559. The third-order valence-corrected chi connectivity index (χ3v) is 6.44. The molecule has 0 unspecified atom stereocenters. The third kappa shape index (κ3) is 4.67. The van der Waals surface area contributed by atoms with E-state index >= 15 is 0 Å². The number of carbonyl (C=O) groups is 1. The molecule has 0 atom stereocenters. The van der Waals surface area contributed by atoms with E-state index in [1.54, 1.807) is 6.07 Å². The van der Waals surface area contributed by atoms with Crippen LogP contribution < -0.4 is 19.3 Å². The first kappa shape index (κ1) is 21.7. The van der Waals surface area contributed by atoms with Gasteiger partial charge in [-0.15, -0.1) is 10.2 Å². The second kappa shape index (κ2) is 9.80. The van der Waals surface area contributed by atoms with Gasteiger partial charge in [-0.1, -0.05) is 6.07 Å². The maximum absolute atomic E-state index is 13.1. The number of rotatable bonds is 5. The molecule has 1 aromatic carbocycles. The summed E-state index contributed by atoms with van der Waals surface area (Å²) >= 11 is 0. The lowest BCUT2D eigenvalue weighted by atomic mass is 10.1. The van der Waals surface area contributed by atoms with Crippen molar-refractivity contribution in [2.75, 3.05) is 88.5 Å². The van der Waals surface area contributed by atoms with Crippen LogP contribution in [0.5, 0.6) is 11.5 Å². The van der Waals surface area contributed by atoms with Crippen LogP contribution in [-0.2, 0) is 0 Å². The van der Waals surface area contributed by atoms with E-state index in [-0.39, 0.29) is 12.5 Å². The van der Waals surface area contributed by atoms with Gasteiger partial charge in [0.2, 0.25) is 0 Å². The van der Waals surface area contributed by atoms with Crippen molar-refractivity contribution < 1.29 is 19.4 Å². The van der Waals surface area contributed by atoms with E-state index in [4.69, 9.17) is 14.6 Å². The van der Waals surface area contributed by atoms with Crippen molar-refractivity contribution >= 4 is 17.5 Å². The van der Waals surface area contributed by atoms with E-state index in [2.05, 4.69) is 24.9 Å². The maximum atomic E-state index is 13.1. The minimum Gasteiger partial charge on any atom is -0.486 e. The lowest BCUT2D eigenvalue weighted by Gasteiger charge is -2.36. The summed E-state index contributed by atoms with van der Waals surface area (Å²) in [6, 6.07) is 9.51. The number of aliphatic hydroxyl groups is 1. The van der Waals surface area contributed by atoms with Crippen LogP contribution in [0.2, 0.25) is 0 Å². The van der Waals surface area contributed by atoms with Gasteiger partial charge < -0.3 is 29.3 Å². The molecule has 33 heavy (non-hydrogen) atoms.